The Morgan fingerprint density at radius 2 is 2.27 bits per heavy atom. The Morgan fingerprint density at radius 3 is 2.88 bits per heavy atom. The van der Waals surface area contributed by atoms with E-state index in [1.165, 1.54) is 18.0 Å². The number of likely N-dealkylation sites (tertiary alicyclic amines) is 1. The lowest BCUT2D eigenvalue weighted by Gasteiger charge is -2.34. The highest BCUT2D eigenvalue weighted by molar-refractivity contribution is 7.98. The van der Waals surface area contributed by atoms with E-state index in [2.05, 4.69) is 15.3 Å². The van der Waals surface area contributed by atoms with E-state index in [0.29, 0.717) is 24.8 Å². The van der Waals surface area contributed by atoms with Crippen LogP contribution < -0.4 is 5.32 Å². The predicted molar refractivity (Wildman–Crippen MR) is 99.5 cm³/mol. The number of hydrogen-bond acceptors (Lipinski definition) is 8. The highest BCUT2D eigenvalue weighted by Crippen LogP contribution is 2.25. The molecule has 1 amide bonds. The lowest BCUT2D eigenvalue weighted by molar-refractivity contribution is -0.384. The Morgan fingerprint density at radius 1 is 1.54 bits per heavy atom. The molecule has 2 rings (SSSR count). The molecule has 0 radical (unpaired) electrons. The van der Waals surface area contributed by atoms with E-state index < -0.39 is 10.5 Å². The first kappa shape index (κ1) is 20.2. The zero-order valence-electron chi connectivity index (χ0n) is 15.5. The summed E-state index contributed by atoms with van der Waals surface area (Å²) in [5.74, 6) is 0.382. The number of ether oxygens (including phenoxy) is 1. The molecule has 26 heavy (non-hydrogen) atoms. The summed E-state index contributed by atoms with van der Waals surface area (Å²) >= 11 is 1.32. The van der Waals surface area contributed by atoms with Crippen LogP contribution in [-0.2, 0) is 4.74 Å². The third-order valence-corrected chi connectivity index (χ3v) is 4.42. The van der Waals surface area contributed by atoms with Crippen LogP contribution in [-0.4, -0.2) is 57.4 Å². The van der Waals surface area contributed by atoms with Crippen molar-refractivity contribution in [2.75, 3.05) is 31.2 Å². The number of thioether (sulfide) groups is 1. The Kier molecular flexibility index (Phi) is 6.63. The van der Waals surface area contributed by atoms with Crippen molar-refractivity contribution in [2.45, 2.75) is 44.4 Å². The maximum absolute atomic E-state index is 12.2. The Labute approximate surface area is 157 Å². The molecule has 0 aromatic carbocycles. The SMILES string of the molecule is CSc1ncc([N+](=O)[O-])c(NCC2CCCN(C(=O)OC(C)(C)C)C2)n1. The number of piperidine rings is 1. The van der Waals surface area contributed by atoms with Crippen LogP contribution in [0, 0.1) is 16.0 Å². The molecule has 1 aliphatic rings. The molecule has 1 fully saturated rings. The van der Waals surface area contributed by atoms with Crippen LogP contribution in [0.25, 0.3) is 0 Å². The second kappa shape index (κ2) is 8.52. The lowest BCUT2D eigenvalue weighted by atomic mass is 9.98. The van der Waals surface area contributed by atoms with Crippen LogP contribution in [0.5, 0.6) is 0 Å². The number of carbonyl (C=O) groups is 1. The first-order valence-corrected chi connectivity index (χ1v) is 9.69. The average Bonchev–Trinajstić information content (AvgIpc) is 2.58. The summed E-state index contributed by atoms with van der Waals surface area (Å²) in [5.41, 5.74) is -0.680. The van der Waals surface area contributed by atoms with Gasteiger partial charge in [0.05, 0.1) is 4.92 Å². The maximum Gasteiger partial charge on any atom is 0.410 e. The fourth-order valence-corrected chi connectivity index (χ4v) is 3.03. The van der Waals surface area contributed by atoms with Gasteiger partial charge in [-0.25, -0.2) is 9.78 Å². The number of nitrogens with one attached hydrogen (secondary N) is 1. The standard InChI is InChI=1S/C16H25N5O4S/c1-16(2,3)25-15(22)20-7-5-6-11(10-20)8-17-13-12(21(23)24)9-18-14(19-13)26-4/h9,11H,5-8,10H2,1-4H3,(H,17,18,19). The highest BCUT2D eigenvalue weighted by atomic mass is 32.2. The second-order valence-electron chi connectivity index (χ2n) is 7.16. The van der Waals surface area contributed by atoms with Crippen molar-refractivity contribution in [3.63, 3.8) is 0 Å². The molecule has 0 saturated carbocycles. The predicted octanol–water partition coefficient (Wildman–Crippen LogP) is 3.17. The molecule has 2 heterocycles. The molecule has 1 aromatic rings. The van der Waals surface area contributed by atoms with Gasteiger partial charge in [-0.2, -0.15) is 4.98 Å². The van der Waals surface area contributed by atoms with Gasteiger partial charge < -0.3 is 15.0 Å². The van der Waals surface area contributed by atoms with Crippen molar-refractivity contribution < 1.29 is 14.5 Å². The molecule has 1 atom stereocenters. The van der Waals surface area contributed by atoms with E-state index in [1.54, 1.807) is 4.90 Å². The number of anilines is 1. The molecule has 1 unspecified atom stereocenters. The topological polar surface area (TPSA) is 110 Å². The molecular weight excluding hydrogens is 358 g/mol. The van der Waals surface area contributed by atoms with E-state index in [4.69, 9.17) is 4.74 Å². The lowest BCUT2D eigenvalue weighted by Crippen LogP contribution is -2.44. The number of aromatic nitrogens is 2. The van der Waals surface area contributed by atoms with Crippen molar-refractivity contribution in [2.24, 2.45) is 5.92 Å². The van der Waals surface area contributed by atoms with Crippen LogP contribution >= 0.6 is 11.8 Å². The summed E-state index contributed by atoms with van der Waals surface area (Å²) in [6, 6.07) is 0. The van der Waals surface area contributed by atoms with Crippen LogP contribution in [0.3, 0.4) is 0 Å². The number of hydrogen-bond donors (Lipinski definition) is 1. The molecule has 0 bridgehead atoms. The average molecular weight is 383 g/mol. The van der Waals surface area contributed by atoms with Crippen molar-refractivity contribution >= 4 is 29.4 Å². The number of carbonyl (C=O) groups excluding carboxylic acids is 1. The van der Waals surface area contributed by atoms with Gasteiger partial charge in [0, 0.05) is 19.6 Å². The third kappa shape index (κ3) is 5.72. The highest BCUT2D eigenvalue weighted by Gasteiger charge is 2.28. The Hall–Kier alpha value is -2.10. The Bertz CT molecular complexity index is 665. The van der Waals surface area contributed by atoms with Crippen LogP contribution in [0.4, 0.5) is 16.3 Å². The summed E-state index contributed by atoms with van der Waals surface area (Å²) in [6.07, 6.45) is 4.51. The minimum atomic E-state index is -0.530. The Balaban J connectivity index is 1.99. The third-order valence-electron chi connectivity index (χ3n) is 3.86. The van der Waals surface area contributed by atoms with Gasteiger partial charge in [0.1, 0.15) is 11.8 Å². The fraction of sp³-hybridized carbons (Fsp3) is 0.688. The van der Waals surface area contributed by atoms with Gasteiger partial charge in [-0.05, 0) is 45.8 Å². The van der Waals surface area contributed by atoms with E-state index in [0.717, 1.165) is 12.8 Å². The van der Waals surface area contributed by atoms with E-state index in [1.807, 2.05) is 27.0 Å². The van der Waals surface area contributed by atoms with Crippen molar-refractivity contribution in [3.8, 4) is 0 Å². The van der Waals surface area contributed by atoms with Gasteiger partial charge in [0.25, 0.3) is 0 Å². The van der Waals surface area contributed by atoms with E-state index in [-0.39, 0.29) is 23.5 Å². The van der Waals surface area contributed by atoms with Gasteiger partial charge in [0.15, 0.2) is 5.16 Å². The molecule has 10 heteroatoms. The molecule has 0 aliphatic carbocycles. The number of nitro groups is 1. The van der Waals surface area contributed by atoms with Gasteiger partial charge in [-0.15, -0.1) is 0 Å². The molecule has 1 saturated heterocycles. The fourth-order valence-electron chi connectivity index (χ4n) is 2.69. The molecule has 1 N–H and O–H groups in total. The van der Waals surface area contributed by atoms with Crippen LogP contribution in [0.1, 0.15) is 33.6 Å². The van der Waals surface area contributed by atoms with Gasteiger partial charge in [-0.3, -0.25) is 10.1 Å². The van der Waals surface area contributed by atoms with Gasteiger partial charge >= 0.3 is 11.8 Å². The quantitative estimate of drug-likeness (QED) is 0.357. The first-order chi connectivity index (χ1) is 12.2. The smallest absolute Gasteiger partial charge is 0.410 e. The molecule has 1 aliphatic heterocycles. The number of amides is 1. The minimum absolute atomic E-state index is 0.150. The van der Waals surface area contributed by atoms with Crippen molar-refractivity contribution in [1.29, 1.82) is 0 Å². The summed E-state index contributed by atoms with van der Waals surface area (Å²) in [6.45, 7) is 7.22. The first-order valence-electron chi connectivity index (χ1n) is 8.47. The molecule has 144 valence electrons. The van der Waals surface area contributed by atoms with E-state index in [9.17, 15) is 14.9 Å². The minimum Gasteiger partial charge on any atom is -0.444 e. The van der Waals surface area contributed by atoms with Crippen molar-refractivity contribution in [1.82, 2.24) is 14.9 Å². The zero-order chi connectivity index (χ0) is 19.3. The zero-order valence-corrected chi connectivity index (χ0v) is 16.3. The van der Waals surface area contributed by atoms with Gasteiger partial charge in [-0.1, -0.05) is 11.8 Å². The summed E-state index contributed by atoms with van der Waals surface area (Å²) in [5, 5.41) is 14.7. The second-order valence-corrected chi connectivity index (χ2v) is 7.94. The largest absolute Gasteiger partial charge is 0.444 e. The summed E-state index contributed by atoms with van der Waals surface area (Å²) < 4.78 is 5.42. The molecule has 0 spiro atoms. The molecule has 9 nitrogen and oxygen atoms in total. The summed E-state index contributed by atoms with van der Waals surface area (Å²) in [4.78, 5) is 32.7. The maximum atomic E-state index is 12.2. The monoisotopic (exact) mass is 383 g/mol. The van der Waals surface area contributed by atoms with Crippen molar-refractivity contribution in [3.05, 3.63) is 16.3 Å². The molecular formula is C16H25N5O4S. The van der Waals surface area contributed by atoms with E-state index >= 15 is 0 Å². The van der Waals surface area contributed by atoms with Gasteiger partial charge in [0.2, 0.25) is 5.82 Å². The summed E-state index contributed by atoms with van der Waals surface area (Å²) in [7, 11) is 0. The van der Waals surface area contributed by atoms with Crippen LogP contribution in [0.2, 0.25) is 0 Å². The molecule has 1 aromatic heterocycles. The number of rotatable bonds is 5. The van der Waals surface area contributed by atoms with Crippen LogP contribution in [0.15, 0.2) is 11.4 Å². The number of nitrogens with zero attached hydrogens (tertiary/aromatic N) is 4. The normalized spacial score (nSPS) is 17.7.